The fourth-order valence-electron chi connectivity index (χ4n) is 1.59. The van der Waals surface area contributed by atoms with E-state index in [0.29, 0.717) is 17.3 Å². The van der Waals surface area contributed by atoms with E-state index in [9.17, 15) is 4.79 Å². The molecular weight excluding hydrogens is 276 g/mol. The van der Waals surface area contributed by atoms with Crippen molar-refractivity contribution in [2.24, 2.45) is 0 Å². The monoisotopic (exact) mass is 286 g/mol. The lowest BCUT2D eigenvalue weighted by Gasteiger charge is -2.00. The second-order valence-electron chi connectivity index (χ2n) is 3.91. The van der Waals surface area contributed by atoms with Crippen LogP contribution >= 0.6 is 11.3 Å². The number of pyridine rings is 1. The van der Waals surface area contributed by atoms with Crippen molar-refractivity contribution in [3.63, 3.8) is 0 Å². The summed E-state index contributed by atoms with van der Waals surface area (Å²) in [5.41, 5.74) is 0.491. The lowest BCUT2D eigenvalue weighted by Crippen LogP contribution is -2.22. The van der Waals surface area contributed by atoms with Crippen molar-refractivity contribution in [2.75, 3.05) is 0 Å². The fourth-order valence-corrected chi connectivity index (χ4v) is 2.24. The SMILES string of the molecule is O=C(NCc1nc(-c2cccs2)no1)c1cccnc1. The zero-order valence-corrected chi connectivity index (χ0v) is 11.1. The van der Waals surface area contributed by atoms with Gasteiger partial charge in [0.25, 0.3) is 5.91 Å². The van der Waals surface area contributed by atoms with Gasteiger partial charge < -0.3 is 9.84 Å². The second-order valence-corrected chi connectivity index (χ2v) is 4.86. The number of nitrogens with zero attached hydrogens (tertiary/aromatic N) is 3. The summed E-state index contributed by atoms with van der Waals surface area (Å²) < 4.78 is 5.09. The average molecular weight is 286 g/mol. The van der Waals surface area contributed by atoms with Gasteiger partial charge in [-0.1, -0.05) is 11.2 Å². The van der Waals surface area contributed by atoms with Crippen molar-refractivity contribution in [1.82, 2.24) is 20.4 Å². The first-order valence-corrected chi connectivity index (χ1v) is 6.75. The first kappa shape index (κ1) is 12.5. The normalized spacial score (nSPS) is 10.4. The largest absolute Gasteiger partial charge is 0.343 e. The molecule has 7 heteroatoms. The minimum absolute atomic E-state index is 0.187. The molecule has 1 amide bonds. The van der Waals surface area contributed by atoms with Crippen LogP contribution in [0, 0.1) is 0 Å². The third-order valence-electron chi connectivity index (χ3n) is 2.53. The standard InChI is InChI=1S/C13H10N4O2S/c18-13(9-3-1-5-14-7-9)15-8-11-16-12(17-19-11)10-4-2-6-20-10/h1-7H,8H2,(H,15,18). The molecule has 0 aliphatic rings. The Kier molecular flexibility index (Phi) is 3.51. The lowest BCUT2D eigenvalue weighted by molar-refractivity contribution is 0.0946. The van der Waals surface area contributed by atoms with Crippen molar-refractivity contribution in [3.8, 4) is 10.7 Å². The van der Waals surface area contributed by atoms with E-state index in [2.05, 4.69) is 20.4 Å². The van der Waals surface area contributed by atoms with E-state index >= 15 is 0 Å². The molecule has 20 heavy (non-hydrogen) atoms. The van der Waals surface area contributed by atoms with E-state index in [1.807, 2.05) is 17.5 Å². The van der Waals surface area contributed by atoms with Crippen LogP contribution in [0.1, 0.15) is 16.2 Å². The molecule has 0 atom stereocenters. The van der Waals surface area contributed by atoms with Crippen molar-refractivity contribution < 1.29 is 9.32 Å². The summed E-state index contributed by atoms with van der Waals surface area (Å²) in [5, 5.41) is 8.51. The zero-order valence-electron chi connectivity index (χ0n) is 10.3. The molecule has 3 heterocycles. The second kappa shape index (κ2) is 5.62. The van der Waals surface area contributed by atoms with E-state index < -0.39 is 0 Å². The molecule has 3 aromatic rings. The molecule has 0 aliphatic carbocycles. The van der Waals surface area contributed by atoms with Crippen LogP contribution in [0.3, 0.4) is 0 Å². The van der Waals surface area contributed by atoms with E-state index in [1.165, 1.54) is 17.5 Å². The van der Waals surface area contributed by atoms with Gasteiger partial charge in [0.05, 0.1) is 17.0 Å². The van der Waals surface area contributed by atoms with Gasteiger partial charge >= 0.3 is 0 Å². The molecule has 100 valence electrons. The van der Waals surface area contributed by atoms with Gasteiger partial charge in [0, 0.05) is 12.4 Å². The number of thiophene rings is 1. The Morgan fingerprint density at radius 2 is 2.30 bits per heavy atom. The third kappa shape index (κ3) is 2.72. The molecule has 0 bridgehead atoms. The van der Waals surface area contributed by atoms with Crippen LogP contribution in [0.5, 0.6) is 0 Å². The van der Waals surface area contributed by atoms with Crippen LogP contribution in [0.2, 0.25) is 0 Å². The summed E-state index contributed by atoms with van der Waals surface area (Å²) in [5.74, 6) is 0.672. The molecule has 0 spiro atoms. The van der Waals surface area contributed by atoms with Crippen LogP contribution in [0.4, 0.5) is 0 Å². The number of carbonyl (C=O) groups is 1. The molecule has 0 fully saturated rings. The molecule has 0 saturated heterocycles. The molecular formula is C13H10N4O2S. The topological polar surface area (TPSA) is 80.9 Å². The van der Waals surface area contributed by atoms with Crippen LogP contribution in [-0.2, 0) is 6.54 Å². The van der Waals surface area contributed by atoms with Gasteiger partial charge in [-0.3, -0.25) is 9.78 Å². The zero-order chi connectivity index (χ0) is 13.8. The Balaban J connectivity index is 1.63. The van der Waals surface area contributed by atoms with E-state index in [4.69, 9.17) is 4.52 Å². The highest BCUT2D eigenvalue weighted by atomic mass is 32.1. The molecule has 0 aliphatic heterocycles. The summed E-state index contributed by atoms with van der Waals surface area (Å²) in [6.07, 6.45) is 3.11. The summed E-state index contributed by atoms with van der Waals surface area (Å²) in [7, 11) is 0. The van der Waals surface area contributed by atoms with Gasteiger partial charge in [0.1, 0.15) is 0 Å². The quantitative estimate of drug-likeness (QED) is 0.794. The molecule has 3 rings (SSSR count). The summed E-state index contributed by atoms with van der Waals surface area (Å²) in [6, 6.07) is 7.22. The molecule has 0 saturated carbocycles. The Bertz CT molecular complexity index is 694. The maximum absolute atomic E-state index is 11.8. The Morgan fingerprint density at radius 1 is 1.35 bits per heavy atom. The molecule has 6 nitrogen and oxygen atoms in total. The maximum atomic E-state index is 11.8. The fraction of sp³-hybridized carbons (Fsp3) is 0.0769. The predicted molar refractivity (Wildman–Crippen MR) is 73.0 cm³/mol. The van der Waals surface area contributed by atoms with Gasteiger partial charge in [-0.25, -0.2) is 0 Å². The highest BCUT2D eigenvalue weighted by Crippen LogP contribution is 2.21. The minimum Gasteiger partial charge on any atom is -0.343 e. The van der Waals surface area contributed by atoms with Crippen LogP contribution in [0.15, 0.2) is 46.6 Å². The highest BCUT2D eigenvalue weighted by molar-refractivity contribution is 7.13. The minimum atomic E-state index is -0.228. The van der Waals surface area contributed by atoms with Gasteiger partial charge in [-0.15, -0.1) is 11.3 Å². The van der Waals surface area contributed by atoms with Gasteiger partial charge in [-0.05, 0) is 23.6 Å². The predicted octanol–water partition coefficient (Wildman–Crippen LogP) is 2.12. The van der Waals surface area contributed by atoms with Gasteiger partial charge in [-0.2, -0.15) is 4.98 Å². The van der Waals surface area contributed by atoms with Crippen LogP contribution in [0.25, 0.3) is 10.7 Å². The number of aromatic nitrogens is 3. The van der Waals surface area contributed by atoms with Crippen LogP contribution in [-0.4, -0.2) is 21.0 Å². The smallest absolute Gasteiger partial charge is 0.253 e. The summed E-state index contributed by atoms with van der Waals surface area (Å²) in [6.45, 7) is 0.187. The maximum Gasteiger partial charge on any atom is 0.253 e. The molecule has 0 radical (unpaired) electrons. The van der Waals surface area contributed by atoms with E-state index in [0.717, 1.165) is 4.88 Å². The number of rotatable bonds is 4. The van der Waals surface area contributed by atoms with Crippen LogP contribution < -0.4 is 5.32 Å². The van der Waals surface area contributed by atoms with Crippen molar-refractivity contribution >= 4 is 17.2 Å². The summed E-state index contributed by atoms with van der Waals surface area (Å²) in [4.78, 5) is 20.9. The number of hydrogen-bond acceptors (Lipinski definition) is 6. The Labute approximate surface area is 118 Å². The van der Waals surface area contributed by atoms with Gasteiger partial charge in [0.2, 0.25) is 11.7 Å². The lowest BCUT2D eigenvalue weighted by atomic mass is 10.3. The molecule has 3 aromatic heterocycles. The molecule has 0 aromatic carbocycles. The number of carbonyl (C=O) groups excluding carboxylic acids is 1. The average Bonchev–Trinajstić information content (AvgIpc) is 3.16. The molecule has 0 unspecified atom stereocenters. The number of nitrogens with one attached hydrogen (secondary N) is 1. The number of hydrogen-bond donors (Lipinski definition) is 1. The van der Waals surface area contributed by atoms with E-state index in [-0.39, 0.29) is 12.5 Å². The first-order chi connectivity index (χ1) is 9.83. The third-order valence-corrected chi connectivity index (χ3v) is 3.40. The Morgan fingerprint density at radius 3 is 3.05 bits per heavy atom. The summed E-state index contributed by atoms with van der Waals surface area (Å²) >= 11 is 1.53. The van der Waals surface area contributed by atoms with Gasteiger partial charge in [0.15, 0.2) is 0 Å². The van der Waals surface area contributed by atoms with Crippen molar-refractivity contribution in [3.05, 3.63) is 53.5 Å². The van der Waals surface area contributed by atoms with E-state index in [1.54, 1.807) is 18.3 Å². The number of amides is 1. The highest BCUT2D eigenvalue weighted by Gasteiger charge is 2.11. The van der Waals surface area contributed by atoms with Crippen molar-refractivity contribution in [1.29, 1.82) is 0 Å². The first-order valence-electron chi connectivity index (χ1n) is 5.87. The Hall–Kier alpha value is -2.54. The molecule has 1 N–H and O–H groups in total. The van der Waals surface area contributed by atoms with Crippen molar-refractivity contribution in [2.45, 2.75) is 6.54 Å².